The molecule has 0 aliphatic rings. The van der Waals surface area contributed by atoms with Crippen LogP contribution in [0.5, 0.6) is 0 Å². The molecule has 0 saturated carbocycles. The van der Waals surface area contributed by atoms with Crippen LogP contribution in [0.4, 0.5) is 0 Å². The Bertz CT molecular complexity index is 927. The molecule has 0 unspecified atom stereocenters. The first kappa shape index (κ1) is 57.3. The van der Waals surface area contributed by atoms with E-state index in [2.05, 4.69) is 31.0 Å². The molecule has 0 aliphatic carbocycles. The van der Waals surface area contributed by atoms with Crippen molar-refractivity contribution < 1.29 is 28.6 Å². The maximum atomic E-state index is 12.9. The number of unbranched alkanes of at least 4 members (excludes halogenated alkanes) is 24. The third-order valence-corrected chi connectivity index (χ3v) is 11.8. The lowest BCUT2D eigenvalue weighted by Crippen LogP contribution is -2.41. The summed E-state index contributed by atoms with van der Waals surface area (Å²) in [4.78, 5) is 40.2. The minimum absolute atomic E-state index is 0.00887. The van der Waals surface area contributed by atoms with Gasteiger partial charge in [0.05, 0.1) is 18.6 Å². The molecule has 8 nitrogen and oxygen atoms in total. The molecule has 350 valence electrons. The highest BCUT2D eigenvalue weighted by atomic mass is 16.5. The van der Waals surface area contributed by atoms with E-state index in [0.717, 1.165) is 103 Å². The summed E-state index contributed by atoms with van der Waals surface area (Å²) in [6.07, 6.45) is 39.0. The smallest absolute Gasteiger partial charge is 0.306 e. The van der Waals surface area contributed by atoms with Gasteiger partial charge in [0.25, 0.3) is 0 Å². The van der Waals surface area contributed by atoms with Crippen LogP contribution in [0.3, 0.4) is 0 Å². The van der Waals surface area contributed by atoms with Gasteiger partial charge in [0, 0.05) is 26.5 Å². The van der Waals surface area contributed by atoms with Crippen LogP contribution in [0.2, 0.25) is 0 Å². The summed E-state index contributed by atoms with van der Waals surface area (Å²) >= 11 is 0. The van der Waals surface area contributed by atoms with Crippen molar-refractivity contribution in [3.8, 4) is 0 Å². The van der Waals surface area contributed by atoms with Gasteiger partial charge >= 0.3 is 11.9 Å². The average molecular weight is 837 g/mol. The number of methoxy groups -OCH3 is 1. The molecule has 1 N–H and O–H groups in total. The second-order valence-electron chi connectivity index (χ2n) is 18.4. The lowest BCUT2D eigenvalue weighted by atomic mass is 9.93. The molecular weight excluding hydrogens is 737 g/mol. The zero-order valence-electron chi connectivity index (χ0n) is 40.3. The predicted molar refractivity (Wildman–Crippen MR) is 250 cm³/mol. The van der Waals surface area contributed by atoms with Crippen molar-refractivity contribution in [2.75, 3.05) is 46.5 Å². The number of esters is 2. The van der Waals surface area contributed by atoms with Crippen LogP contribution in [0.1, 0.15) is 253 Å². The number of nitrogens with one attached hydrogen (secondary N) is 1. The van der Waals surface area contributed by atoms with Gasteiger partial charge in [0.2, 0.25) is 5.91 Å². The fraction of sp³-hybridized carbons (Fsp3) is 0.941. The monoisotopic (exact) mass is 837 g/mol. The van der Waals surface area contributed by atoms with Crippen molar-refractivity contribution in [1.82, 2.24) is 10.2 Å². The van der Waals surface area contributed by atoms with Crippen molar-refractivity contribution in [1.29, 1.82) is 0 Å². The van der Waals surface area contributed by atoms with Gasteiger partial charge in [0.15, 0.2) is 0 Å². The highest BCUT2D eigenvalue weighted by Crippen LogP contribution is 2.19. The van der Waals surface area contributed by atoms with E-state index in [0.29, 0.717) is 32.6 Å². The lowest BCUT2D eigenvalue weighted by Gasteiger charge is -2.24. The van der Waals surface area contributed by atoms with Gasteiger partial charge in [-0.3, -0.25) is 14.4 Å². The Hall–Kier alpha value is -1.67. The van der Waals surface area contributed by atoms with Crippen LogP contribution in [0.25, 0.3) is 0 Å². The van der Waals surface area contributed by atoms with Crippen LogP contribution in [-0.4, -0.2) is 75.4 Å². The second-order valence-corrected chi connectivity index (χ2v) is 18.4. The first-order valence-electron chi connectivity index (χ1n) is 25.5. The first-order valence-corrected chi connectivity index (χ1v) is 25.5. The summed E-state index contributed by atoms with van der Waals surface area (Å²) in [6.45, 7) is 15.4. The predicted octanol–water partition coefficient (Wildman–Crippen LogP) is 13.9. The SMILES string of the molecule is CCCCCCCCCOC(=O)CCCCCCCN(CCCCCCCC(=O)OC(CCCCCCCC)CCCCCCCC)CCCNC(=O)C(C)(C)COC. The number of carbonyl (C=O) groups is 3. The van der Waals surface area contributed by atoms with E-state index in [-0.39, 0.29) is 23.9 Å². The van der Waals surface area contributed by atoms with E-state index >= 15 is 0 Å². The number of nitrogens with zero attached hydrogens (tertiary/aromatic N) is 1. The van der Waals surface area contributed by atoms with Crippen LogP contribution < -0.4 is 5.32 Å². The van der Waals surface area contributed by atoms with Gasteiger partial charge in [-0.15, -0.1) is 0 Å². The Labute approximate surface area is 366 Å². The standard InChI is InChI=1S/C51H100N2O6/c1-7-10-13-16-19-28-35-45-58-48(54)39-31-24-20-26-33-42-53(44-36-41-52-50(56)51(4,5)46-57-6)43-34-27-21-25-32-40-49(55)59-47(37-29-22-17-14-11-8-2)38-30-23-18-15-12-9-3/h47H,7-46H2,1-6H3,(H,52,56). The maximum absolute atomic E-state index is 12.9. The largest absolute Gasteiger partial charge is 0.466 e. The fourth-order valence-electron chi connectivity index (χ4n) is 7.90. The molecule has 0 aromatic rings. The summed E-state index contributed by atoms with van der Waals surface area (Å²) in [7, 11) is 1.64. The van der Waals surface area contributed by atoms with Crippen LogP contribution in [-0.2, 0) is 28.6 Å². The third-order valence-electron chi connectivity index (χ3n) is 11.8. The highest BCUT2D eigenvalue weighted by Gasteiger charge is 2.27. The molecule has 0 aliphatic heterocycles. The zero-order chi connectivity index (χ0) is 43.5. The average Bonchev–Trinajstić information content (AvgIpc) is 3.21. The van der Waals surface area contributed by atoms with Crippen molar-refractivity contribution in [3.63, 3.8) is 0 Å². The fourth-order valence-corrected chi connectivity index (χ4v) is 7.90. The summed E-state index contributed by atoms with van der Waals surface area (Å²) in [5.41, 5.74) is -0.529. The Morgan fingerprint density at radius 1 is 0.508 bits per heavy atom. The number of carbonyl (C=O) groups excluding carboxylic acids is 3. The molecular formula is C51H100N2O6. The lowest BCUT2D eigenvalue weighted by molar-refractivity contribution is -0.150. The Morgan fingerprint density at radius 2 is 0.915 bits per heavy atom. The van der Waals surface area contributed by atoms with Crippen LogP contribution in [0.15, 0.2) is 0 Å². The molecule has 8 heteroatoms. The van der Waals surface area contributed by atoms with Crippen molar-refractivity contribution in [3.05, 3.63) is 0 Å². The summed E-state index contributed by atoms with van der Waals surface area (Å²) in [6, 6.07) is 0. The Kier molecular flexibility index (Phi) is 41.8. The highest BCUT2D eigenvalue weighted by molar-refractivity contribution is 5.81. The van der Waals surface area contributed by atoms with E-state index < -0.39 is 5.41 Å². The van der Waals surface area contributed by atoms with Gasteiger partial charge in [-0.2, -0.15) is 0 Å². The van der Waals surface area contributed by atoms with E-state index in [4.69, 9.17) is 14.2 Å². The van der Waals surface area contributed by atoms with Gasteiger partial charge < -0.3 is 24.4 Å². The molecule has 0 radical (unpaired) electrons. The van der Waals surface area contributed by atoms with E-state index in [1.54, 1.807) is 7.11 Å². The summed E-state index contributed by atoms with van der Waals surface area (Å²) in [5, 5.41) is 3.12. The van der Waals surface area contributed by atoms with Gasteiger partial charge in [-0.05, 0) is 97.7 Å². The topological polar surface area (TPSA) is 94.2 Å². The number of hydrogen-bond acceptors (Lipinski definition) is 7. The number of ether oxygens (including phenoxy) is 3. The molecule has 0 spiro atoms. The number of hydrogen-bond donors (Lipinski definition) is 1. The zero-order valence-corrected chi connectivity index (χ0v) is 40.3. The van der Waals surface area contributed by atoms with Crippen LogP contribution in [0, 0.1) is 5.41 Å². The molecule has 0 aromatic carbocycles. The molecule has 0 rings (SSSR count). The minimum atomic E-state index is -0.529. The molecule has 1 amide bonds. The number of rotatable bonds is 46. The third kappa shape index (κ3) is 39.0. The Balaban J connectivity index is 4.52. The van der Waals surface area contributed by atoms with E-state index in [1.807, 2.05) is 13.8 Å². The van der Waals surface area contributed by atoms with Crippen molar-refractivity contribution in [2.45, 2.75) is 259 Å². The number of amides is 1. The summed E-state index contributed by atoms with van der Waals surface area (Å²) < 4.78 is 16.8. The summed E-state index contributed by atoms with van der Waals surface area (Å²) in [5.74, 6) is 0.0169. The molecule has 0 bridgehead atoms. The maximum Gasteiger partial charge on any atom is 0.306 e. The second kappa shape index (κ2) is 43.0. The van der Waals surface area contributed by atoms with Crippen LogP contribution >= 0.6 is 0 Å². The quantitative estimate of drug-likeness (QED) is 0.0482. The van der Waals surface area contributed by atoms with Crippen molar-refractivity contribution >= 4 is 17.8 Å². The van der Waals surface area contributed by atoms with Gasteiger partial charge in [0.1, 0.15) is 6.10 Å². The first-order chi connectivity index (χ1) is 28.7. The van der Waals surface area contributed by atoms with Crippen molar-refractivity contribution in [2.24, 2.45) is 5.41 Å². The normalized spacial score (nSPS) is 11.8. The molecule has 0 fully saturated rings. The van der Waals surface area contributed by atoms with E-state index in [9.17, 15) is 14.4 Å². The minimum Gasteiger partial charge on any atom is -0.466 e. The molecule has 0 saturated heterocycles. The van der Waals surface area contributed by atoms with Gasteiger partial charge in [-0.1, -0.05) is 162 Å². The molecule has 59 heavy (non-hydrogen) atoms. The van der Waals surface area contributed by atoms with E-state index in [1.165, 1.54) is 122 Å². The molecule has 0 aromatic heterocycles. The van der Waals surface area contributed by atoms with Gasteiger partial charge in [-0.25, -0.2) is 0 Å². The molecule has 0 atom stereocenters. The molecule has 0 heterocycles. The Morgan fingerprint density at radius 3 is 1.41 bits per heavy atom.